The van der Waals surface area contributed by atoms with Crippen molar-refractivity contribution in [3.8, 4) is 0 Å². The third kappa shape index (κ3) is 12.5. The monoisotopic (exact) mass is 499 g/mol. The molecule has 0 aliphatic heterocycles. The summed E-state index contributed by atoms with van der Waals surface area (Å²) in [4.78, 5) is 18.3. The molecule has 5 heteroatoms. The van der Waals surface area contributed by atoms with Gasteiger partial charge in [0.15, 0.2) is 0 Å². The lowest BCUT2D eigenvalue weighted by atomic mass is 10.1. The number of nitrogens with zero attached hydrogens (tertiary/aromatic N) is 5. The van der Waals surface area contributed by atoms with E-state index in [2.05, 4.69) is 68.3 Å². The Morgan fingerprint density at radius 2 is 0.919 bits per heavy atom. The quantitative estimate of drug-likeness (QED) is 0.158. The molecule has 0 aliphatic carbocycles. The molecule has 0 unspecified atom stereocenters. The molecule has 3 rings (SSSR count). The molecule has 0 radical (unpaired) electrons. The first kappa shape index (κ1) is 28.4. The van der Waals surface area contributed by atoms with E-state index in [9.17, 15) is 0 Å². The molecule has 198 valence electrons. The van der Waals surface area contributed by atoms with E-state index in [-0.39, 0.29) is 0 Å². The van der Waals surface area contributed by atoms with E-state index in [4.69, 9.17) is 0 Å². The summed E-state index contributed by atoms with van der Waals surface area (Å²) in [5, 5.41) is 0. The fraction of sp³-hybridized carbons (Fsp3) is 0.469. The van der Waals surface area contributed by atoms with Crippen molar-refractivity contribution < 1.29 is 0 Å². The molecule has 3 aromatic heterocycles. The average molecular weight is 500 g/mol. The highest BCUT2D eigenvalue weighted by molar-refractivity contribution is 5.08. The molecule has 0 spiro atoms. The highest BCUT2D eigenvalue weighted by Gasteiger charge is 2.07. The molecular weight excluding hydrogens is 454 g/mol. The van der Waals surface area contributed by atoms with E-state index < -0.39 is 0 Å². The van der Waals surface area contributed by atoms with Crippen LogP contribution in [-0.4, -0.2) is 31.3 Å². The van der Waals surface area contributed by atoms with Gasteiger partial charge in [0.25, 0.3) is 0 Å². The Morgan fingerprint density at radius 3 is 1.35 bits per heavy atom. The van der Waals surface area contributed by atoms with Crippen LogP contribution in [0.15, 0.2) is 85.6 Å². The Labute approximate surface area is 224 Å². The molecule has 3 heterocycles. The third-order valence-corrected chi connectivity index (χ3v) is 6.56. The minimum absolute atomic E-state index is 0.740. The number of unbranched alkanes of at least 4 members (excludes halogenated alkanes) is 9. The second-order valence-electron chi connectivity index (χ2n) is 9.82. The van der Waals surface area contributed by atoms with Gasteiger partial charge < -0.3 is 9.80 Å². The van der Waals surface area contributed by atoms with E-state index >= 15 is 0 Å². The van der Waals surface area contributed by atoms with Crippen LogP contribution < -0.4 is 0 Å². The molecule has 0 fully saturated rings. The van der Waals surface area contributed by atoms with Crippen LogP contribution >= 0.6 is 0 Å². The van der Waals surface area contributed by atoms with Gasteiger partial charge in [0.2, 0.25) is 0 Å². The molecule has 0 bridgehead atoms. The maximum absolute atomic E-state index is 4.57. The van der Waals surface area contributed by atoms with Gasteiger partial charge in [0, 0.05) is 37.5 Å². The standard InChI is InChI=1S/C32H45N5/c1-2-3-4-5-6-7-8-9-10-17-24-36(27-30-18-11-14-21-33-30)25-26-37(28-31-19-12-15-22-34-31)29-32-20-13-16-23-35-32/h11-16,18-23,25-26H,2-10,17,24,27-29H2,1H3/b26-25+. The van der Waals surface area contributed by atoms with Crippen LogP contribution in [0.5, 0.6) is 0 Å². The maximum Gasteiger partial charge on any atom is 0.0601 e. The maximum atomic E-state index is 4.57. The summed E-state index contributed by atoms with van der Waals surface area (Å²) in [5.74, 6) is 0. The predicted molar refractivity (Wildman–Crippen MR) is 153 cm³/mol. The predicted octanol–water partition coefficient (Wildman–Crippen LogP) is 7.77. The molecule has 0 saturated heterocycles. The molecule has 0 saturated carbocycles. The first-order chi connectivity index (χ1) is 18.3. The molecule has 37 heavy (non-hydrogen) atoms. The van der Waals surface area contributed by atoms with Gasteiger partial charge in [-0.15, -0.1) is 0 Å². The molecule has 5 nitrogen and oxygen atoms in total. The summed E-state index contributed by atoms with van der Waals surface area (Å²) >= 11 is 0. The Kier molecular flexibility index (Phi) is 13.9. The SMILES string of the molecule is CCCCCCCCCCCCN(/C=C/N(Cc1ccccn1)Cc1ccccn1)Cc1ccccn1. The fourth-order valence-corrected chi connectivity index (χ4v) is 4.46. The highest BCUT2D eigenvalue weighted by Crippen LogP contribution is 2.13. The third-order valence-electron chi connectivity index (χ3n) is 6.56. The van der Waals surface area contributed by atoms with E-state index in [1.54, 1.807) is 0 Å². The van der Waals surface area contributed by atoms with Crippen LogP contribution in [0.2, 0.25) is 0 Å². The van der Waals surface area contributed by atoms with Gasteiger partial charge in [0.1, 0.15) is 0 Å². The van der Waals surface area contributed by atoms with E-state index in [0.29, 0.717) is 0 Å². The Balaban J connectivity index is 1.55. The number of rotatable bonds is 19. The Morgan fingerprint density at radius 1 is 0.514 bits per heavy atom. The number of aromatic nitrogens is 3. The molecule has 0 N–H and O–H groups in total. The number of pyridine rings is 3. The van der Waals surface area contributed by atoms with Gasteiger partial charge in [-0.3, -0.25) is 15.0 Å². The molecule has 0 amide bonds. The average Bonchev–Trinajstić information content (AvgIpc) is 2.94. The summed E-state index contributed by atoms with van der Waals surface area (Å²) < 4.78 is 0. The zero-order valence-corrected chi connectivity index (χ0v) is 22.7. The van der Waals surface area contributed by atoms with Crippen molar-refractivity contribution in [3.63, 3.8) is 0 Å². The van der Waals surface area contributed by atoms with Crippen molar-refractivity contribution in [2.24, 2.45) is 0 Å². The molecule has 0 atom stereocenters. The summed E-state index contributed by atoms with van der Waals surface area (Å²) in [5.41, 5.74) is 3.20. The number of hydrogen-bond acceptors (Lipinski definition) is 5. The van der Waals surface area contributed by atoms with Crippen molar-refractivity contribution in [1.82, 2.24) is 24.8 Å². The van der Waals surface area contributed by atoms with Crippen molar-refractivity contribution in [2.45, 2.75) is 90.8 Å². The van der Waals surface area contributed by atoms with Gasteiger partial charge in [-0.2, -0.15) is 0 Å². The first-order valence-electron chi connectivity index (χ1n) is 14.2. The lowest BCUT2D eigenvalue weighted by Crippen LogP contribution is -2.22. The van der Waals surface area contributed by atoms with Gasteiger partial charge in [0.05, 0.1) is 36.7 Å². The van der Waals surface area contributed by atoms with Crippen LogP contribution in [-0.2, 0) is 19.6 Å². The summed E-state index contributed by atoms with van der Waals surface area (Å²) in [7, 11) is 0. The van der Waals surface area contributed by atoms with Crippen molar-refractivity contribution in [1.29, 1.82) is 0 Å². The van der Waals surface area contributed by atoms with Crippen LogP contribution in [0.25, 0.3) is 0 Å². The summed E-state index contributed by atoms with van der Waals surface area (Å²) in [6.07, 6.45) is 23.5. The highest BCUT2D eigenvalue weighted by atomic mass is 15.2. The normalized spacial score (nSPS) is 11.2. The van der Waals surface area contributed by atoms with Gasteiger partial charge in [-0.1, -0.05) is 82.9 Å². The molecule has 3 aromatic rings. The van der Waals surface area contributed by atoms with Crippen molar-refractivity contribution in [2.75, 3.05) is 6.54 Å². The van der Waals surface area contributed by atoms with Crippen LogP contribution in [0.3, 0.4) is 0 Å². The van der Waals surface area contributed by atoms with E-state index in [1.165, 1.54) is 64.2 Å². The van der Waals surface area contributed by atoms with Gasteiger partial charge >= 0.3 is 0 Å². The lowest BCUT2D eigenvalue weighted by Gasteiger charge is -2.24. The molecular formula is C32H45N5. The van der Waals surface area contributed by atoms with Crippen molar-refractivity contribution in [3.05, 3.63) is 103 Å². The zero-order valence-electron chi connectivity index (χ0n) is 22.7. The smallest absolute Gasteiger partial charge is 0.0601 e. The summed E-state index contributed by atoms with van der Waals surface area (Å²) in [6.45, 7) is 5.61. The van der Waals surface area contributed by atoms with E-state index in [0.717, 1.165) is 43.3 Å². The van der Waals surface area contributed by atoms with Gasteiger partial charge in [-0.05, 0) is 42.8 Å². The zero-order chi connectivity index (χ0) is 25.8. The fourth-order valence-electron chi connectivity index (χ4n) is 4.46. The largest absolute Gasteiger partial charge is 0.370 e. The van der Waals surface area contributed by atoms with Crippen LogP contribution in [0.1, 0.15) is 88.2 Å². The van der Waals surface area contributed by atoms with Crippen molar-refractivity contribution >= 4 is 0 Å². The Bertz CT molecular complexity index is 921. The first-order valence-corrected chi connectivity index (χ1v) is 14.2. The second-order valence-corrected chi connectivity index (χ2v) is 9.82. The van der Waals surface area contributed by atoms with Crippen LogP contribution in [0, 0.1) is 0 Å². The Hall–Kier alpha value is -3.21. The molecule has 0 aromatic carbocycles. The minimum Gasteiger partial charge on any atom is -0.370 e. The van der Waals surface area contributed by atoms with Gasteiger partial charge in [-0.25, -0.2) is 0 Å². The number of hydrogen-bond donors (Lipinski definition) is 0. The molecule has 0 aliphatic rings. The van der Waals surface area contributed by atoms with Crippen LogP contribution in [0.4, 0.5) is 0 Å². The minimum atomic E-state index is 0.740. The van der Waals surface area contributed by atoms with E-state index in [1.807, 2.05) is 48.9 Å². The topological polar surface area (TPSA) is 45.2 Å². The summed E-state index contributed by atoms with van der Waals surface area (Å²) in [6, 6.07) is 18.3. The lowest BCUT2D eigenvalue weighted by molar-refractivity contribution is 0.316. The second kappa shape index (κ2) is 18.1.